The van der Waals surface area contributed by atoms with Crippen molar-refractivity contribution in [1.29, 1.82) is 0 Å². The summed E-state index contributed by atoms with van der Waals surface area (Å²) >= 11 is 6.06. The van der Waals surface area contributed by atoms with E-state index in [1.807, 2.05) is 42.5 Å². The summed E-state index contributed by atoms with van der Waals surface area (Å²) in [5.41, 5.74) is 2.49. The number of carbonyl (C=O) groups excluding carboxylic acids is 2. The molecule has 3 aromatic carbocycles. The minimum absolute atomic E-state index is 0.0620. The predicted octanol–water partition coefficient (Wildman–Crippen LogP) is 3.65. The average Bonchev–Trinajstić information content (AvgIpc) is 2.90. The third kappa shape index (κ3) is 7.47. The standard InChI is InChI=1S/C28H31ClN2O5/c1-35-25-13-10-22(17-26(25)36-2)18-27(33)31(19-21-8-11-23(29)12-9-21)24(28(34)30-14-15-32)16-20-6-4-3-5-7-20/h3-13,17,24,32H,14-16,18-19H2,1-2H3,(H,30,34). The molecule has 0 aliphatic rings. The van der Waals surface area contributed by atoms with Crippen molar-refractivity contribution < 1.29 is 24.2 Å². The number of benzene rings is 3. The molecule has 0 bridgehead atoms. The molecule has 8 heteroatoms. The minimum atomic E-state index is -0.790. The summed E-state index contributed by atoms with van der Waals surface area (Å²) < 4.78 is 10.7. The van der Waals surface area contributed by atoms with Crippen LogP contribution >= 0.6 is 11.6 Å². The summed E-state index contributed by atoms with van der Waals surface area (Å²) in [5.74, 6) is 0.533. The van der Waals surface area contributed by atoms with Crippen LogP contribution in [-0.4, -0.2) is 55.2 Å². The Morgan fingerprint density at radius 3 is 2.22 bits per heavy atom. The molecule has 0 saturated carbocycles. The fourth-order valence-corrected chi connectivity index (χ4v) is 4.03. The molecule has 3 rings (SSSR count). The first-order valence-corrected chi connectivity index (χ1v) is 12.0. The lowest BCUT2D eigenvalue weighted by molar-refractivity contribution is -0.140. The lowest BCUT2D eigenvalue weighted by atomic mass is 10.0. The number of halogens is 1. The van der Waals surface area contributed by atoms with E-state index in [2.05, 4.69) is 5.32 Å². The number of rotatable bonds is 12. The number of methoxy groups -OCH3 is 2. The van der Waals surface area contributed by atoms with Crippen molar-refractivity contribution >= 4 is 23.4 Å². The maximum Gasteiger partial charge on any atom is 0.243 e. The van der Waals surface area contributed by atoms with Crippen LogP contribution in [-0.2, 0) is 29.0 Å². The van der Waals surface area contributed by atoms with E-state index in [-0.39, 0.29) is 37.9 Å². The predicted molar refractivity (Wildman–Crippen MR) is 139 cm³/mol. The Morgan fingerprint density at radius 2 is 1.58 bits per heavy atom. The van der Waals surface area contributed by atoms with Gasteiger partial charge in [0.25, 0.3) is 0 Å². The normalized spacial score (nSPS) is 11.4. The Bertz CT molecular complexity index is 1140. The Labute approximate surface area is 216 Å². The van der Waals surface area contributed by atoms with Gasteiger partial charge in [0.05, 0.1) is 27.2 Å². The number of ether oxygens (including phenoxy) is 2. The van der Waals surface area contributed by atoms with Crippen LogP contribution in [0.4, 0.5) is 0 Å². The van der Waals surface area contributed by atoms with Gasteiger partial charge in [-0.15, -0.1) is 0 Å². The molecule has 190 valence electrons. The van der Waals surface area contributed by atoms with Gasteiger partial charge in [-0.1, -0.05) is 60.1 Å². The first-order valence-electron chi connectivity index (χ1n) is 11.6. The van der Waals surface area contributed by atoms with Crippen LogP contribution in [0.5, 0.6) is 11.5 Å². The van der Waals surface area contributed by atoms with Gasteiger partial charge in [-0.3, -0.25) is 9.59 Å². The quantitative estimate of drug-likeness (QED) is 0.388. The molecule has 0 fully saturated rings. The van der Waals surface area contributed by atoms with Gasteiger partial charge in [0.2, 0.25) is 11.8 Å². The van der Waals surface area contributed by atoms with Gasteiger partial charge in [-0.2, -0.15) is 0 Å². The first-order chi connectivity index (χ1) is 17.4. The summed E-state index contributed by atoms with van der Waals surface area (Å²) in [6.07, 6.45) is 0.385. The molecule has 0 radical (unpaired) electrons. The van der Waals surface area contributed by atoms with Crippen LogP contribution in [0.2, 0.25) is 5.02 Å². The fraction of sp³-hybridized carbons (Fsp3) is 0.286. The van der Waals surface area contributed by atoms with Gasteiger partial charge < -0.3 is 24.8 Å². The molecular weight excluding hydrogens is 480 g/mol. The first kappa shape index (κ1) is 27.0. The smallest absolute Gasteiger partial charge is 0.243 e. The highest BCUT2D eigenvalue weighted by molar-refractivity contribution is 6.30. The van der Waals surface area contributed by atoms with Crippen molar-refractivity contribution in [2.75, 3.05) is 27.4 Å². The third-order valence-electron chi connectivity index (χ3n) is 5.75. The average molecular weight is 511 g/mol. The molecule has 0 aromatic heterocycles. The topological polar surface area (TPSA) is 88.1 Å². The number of nitrogens with one attached hydrogen (secondary N) is 1. The lowest BCUT2D eigenvalue weighted by Crippen LogP contribution is -2.51. The summed E-state index contributed by atoms with van der Waals surface area (Å²) in [5, 5.41) is 12.6. The van der Waals surface area contributed by atoms with Gasteiger partial charge >= 0.3 is 0 Å². The van der Waals surface area contributed by atoms with E-state index in [1.165, 1.54) is 7.11 Å². The number of aliphatic hydroxyl groups excluding tert-OH is 1. The molecule has 36 heavy (non-hydrogen) atoms. The highest BCUT2D eigenvalue weighted by Crippen LogP contribution is 2.28. The second-order valence-corrected chi connectivity index (χ2v) is 8.67. The second kappa shape index (κ2) is 13.5. The van der Waals surface area contributed by atoms with E-state index in [4.69, 9.17) is 21.1 Å². The fourth-order valence-electron chi connectivity index (χ4n) is 3.90. The van der Waals surface area contributed by atoms with Crippen molar-refractivity contribution in [2.24, 2.45) is 0 Å². The van der Waals surface area contributed by atoms with Crippen LogP contribution in [0.3, 0.4) is 0 Å². The summed E-state index contributed by atoms with van der Waals surface area (Å²) in [6, 6.07) is 21.2. The molecular formula is C28H31ClN2O5. The number of amides is 2. The van der Waals surface area contributed by atoms with Crippen LogP contribution in [0, 0.1) is 0 Å². The van der Waals surface area contributed by atoms with Crippen molar-refractivity contribution in [1.82, 2.24) is 10.2 Å². The number of nitrogens with zero attached hydrogens (tertiary/aromatic N) is 1. The summed E-state index contributed by atoms with van der Waals surface area (Å²) in [7, 11) is 3.09. The molecule has 0 aliphatic heterocycles. The Balaban J connectivity index is 1.96. The highest BCUT2D eigenvalue weighted by atomic mass is 35.5. The van der Waals surface area contributed by atoms with Crippen LogP contribution in [0.25, 0.3) is 0 Å². The molecule has 0 spiro atoms. The molecule has 1 atom stereocenters. The molecule has 0 saturated heterocycles. The molecule has 0 aliphatic carbocycles. The van der Waals surface area contributed by atoms with Gasteiger partial charge in [0.1, 0.15) is 6.04 Å². The van der Waals surface area contributed by atoms with Gasteiger partial charge in [0, 0.05) is 24.5 Å². The van der Waals surface area contributed by atoms with E-state index >= 15 is 0 Å². The van der Waals surface area contributed by atoms with Crippen LogP contribution in [0.15, 0.2) is 72.8 Å². The van der Waals surface area contributed by atoms with Crippen LogP contribution in [0.1, 0.15) is 16.7 Å². The van der Waals surface area contributed by atoms with E-state index in [0.29, 0.717) is 22.9 Å². The zero-order valence-electron chi connectivity index (χ0n) is 20.4. The molecule has 2 amide bonds. The number of hydrogen-bond acceptors (Lipinski definition) is 5. The third-order valence-corrected chi connectivity index (χ3v) is 6.00. The van der Waals surface area contributed by atoms with Crippen molar-refractivity contribution in [3.63, 3.8) is 0 Å². The van der Waals surface area contributed by atoms with E-state index in [1.54, 1.807) is 42.3 Å². The molecule has 3 aromatic rings. The van der Waals surface area contributed by atoms with Gasteiger partial charge in [-0.05, 0) is 41.0 Å². The zero-order valence-corrected chi connectivity index (χ0v) is 21.2. The number of carbonyl (C=O) groups is 2. The Morgan fingerprint density at radius 1 is 0.917 bits per heavy atom. The minimum Gasteiger partial charge on any atom is -0.493 e. The molecule has 2 N–H and O–H groups in total. The molecule has 1 unspecified atom stereocenters. The number of aliphatic hydroxyl groups is 1. The lowest BCUT2D eigenvalue weighted by Gasteiger charge is -2.31. The van der Waals surface area contributed by atoms with Crippen molar-refractivity contribution in [2.45, 2.75) is 25.4 Å². The van der Waals surface area contributed by atoms with E-state index in [9.17, 15) is 14.7 Å². The van der Waals surface area contributed by atoms with Gasteiger partial charge in [0.15, 0.2) is 11.5 Å². The SMILES string of the molecule is COc1ccc(CC(=O)N(Cc2ccc(Cl)cc2)C(Cc2ccccc2)C(=O)NCCO)cc1OC. The molecule has 7 nitrogen and oxygen atoms in total. The summed E-state index contributed by atoms with van der Waals surface area (Å²) in [6.45, 7) is 0.122. The van der Waals surface area contributed by atoms with Crippen LogP contribution < -0.4 is 14.8 Å². The van der Waals surface area contributed by atoms with Crippen molar-refractivity contribution in [3.05, 3.63) is 94.5 Å². The van der Waals surface area contributed by atoms with Gasteiger partial charge in [-0.25, -0.2) is 0 Å². The maximum absolute atomic E-state index is 13.7. The molecule has 0 heterocycles. The van der Waals surface area contributed by atoms with E-state index < -0.39 is 6.04 Å². The maximum atomic E-state index is 13.7. The Hall–Kier alpha value is -3.55. The summed E-state index contributed by atoms with van der Waals surface area (Å²) in [4.78, 5) is 28.6. The second-order valence-electron chi connectivity index (χ2n) is 8.23. The number of hydrogen-bond donors (Lipinski definition) is 2. The van der Waals surface area contributed by atoms with Crippen molar-refractivity contribution in [3.8, 4) is 11.5 Å². The monoisotopic (exact) mass is 510 g/mol. The highest BCUT2D eigenvalue weighted by Gasteiger charge is 2.30. The Kier molecular flexibility index (Phi) is 10.2. The van der Waals surface area contributed by atoms with E-state index in [0.717, 1.165) is 16.7 Å². The largest absolute Gasteiger partial charge is 0.493 e. The zero-order chi connectivity index (χ0) is 25.9.